The molecule has 0 radical (unpaired) electrons. The number of hydrogen-bond acceptors (Lipinski definition) is 3. The first-order valence-corrected chi connectivity index (χ1v) is 7.36. The number of methoxy groups -OCH3 is 2. The van der Waals surface area contributed by atoms with Crippen LogP contribution in [0.2, 0.25) is 5.02 Å². The van der Waals surface area contributed by atoms with Gasteiger partial charge in [-0.05, 0) is 34.1 Å². The molecule has 0 bridgehead atoms. The minimum Gasteiger partial charge on any atom is -0.493 e. The van der Waals surface area contributed by atoms with Crippen molar-refractivity contribution in [3.8, 4) is 22.9 Å². The molecule has 0 fully saturated rings. The van der Waals surface area contributed by atoms with Crippen molar-refractivity contribution < 1.29 is 9.47 Å². The lowest BCUT2D eigenvalue weighted by Gasteiger charge is -2.06. The Morgan fingerprint density at radius 1 is 1.10 bits per heavy atom. The number of imidazole rings is 1. The molecule has 3 rings (SSSR count). The molecule has 0 aliphatic heterocycles. The highest BCUT2D eigenvalue weighted by Gasteiger charge is 2.11. The number of H-pyrrole nitrogens is 1. The van der Waals surface area contributed by atoms with Crippen molar-refractivity contribution >= 4 is 38.6 Å². The van der Waals surface area contributed by atoms with E-state index in [4.69, 9.17) is 21.1 Å². The maximum Gasteiger partial charge on any atom is 0.163 e. The van der Waals surface area contributed by atoms with E-state index >= 15 is 0 Å². The summed E-state index contributed by atoms with van der Waals surface area (Å²) in [5, 5.41) is 0.665. The number of nitrogens with one attached hydrogen (secondary N) is 1. The Hall–Kier alpha value is -1.72. The van der Waals surface area contributed by atoms with E-state index in [9.17, 15) is 0 Å². The molecule has 0 saturated carbocycles. The molecule has 0 amide bonds. The normalized spacial score (nSPS) is 10.9. The zero-order chi connectivity index (χ0) is 15.0. The first kappa shape index (κ1) is 14.2. The molecule has 1 heterocycles. The fourth-order valence-corrected chi connectivity index (χ4v) is 2.61. The number of hydrogen-bond donors (Lipinski definition) is 1. The number of halogens is 2. The summed E-state index contributed by atoms with van der Waals surface area (Å²) in [7, 11) is 3.21. The highest BCUT2D eigenvalue weighted by molar-refractivity contribution is 9.10. The average Bonchev–Trinajstić information content (AvgIpc) is 2.91. The Kier molecular flexibility index (Phi) is 3.78. The monoisotopic (exact) mass is 366 g/mol. The molecular formula is C15H12BrClN2O2. The molecule has 1 aromatic heterocycles. The molecule has 3 aromatic rings. The van der Waals surface area contributed by atoms with Gasteiger partial charge < -0.3 is 14.5 Å². The summed E-state index contributed by atoms with van der Waals surface area (Å²) in [6, 6.07) is 9.39. The molecular weight excluding hydrogens is 356 g/mol. The van der Waals surface area contributed by atoms with Crippen LogP contribution in [0.1, 0.15) is 0 Å². The maximum atomic E-state index is 6.02. The number of ether oxygens (including phenoxy) is 2. The number of rotatable bonds is 3. The Morgan fingerprint density at radius 3 is 2.48 bits per heavy atom. The smallest absolute Gasteiger partial charge is 0.163 e. The van der Waals surface area contributed by atoms with Gasteiger partial charge in [-0.15, -0.1) is 0 Å². The molecule has 0 aliphatic carbocycles. The van der Waals surface area contributed by atoms with E-state index in [2.05, 4.69) is 25.9 Å². The number of aromatic nitrogens is 2. The van der Waals surface area contributed by atoms with Crippen LogP contribution in [-0.2, 0) is 0 Å². The van der Waals surface area contributed by atoms with E-state index in [0.29, 0.717) is 16.5 Å². The van der Waals surface area contributed by atoms with E-state index in [0.717, 1.165) is 26.9 Å². The molecule has 2 aromatic carbocycles. The zero-order valence-corrected chi connectivity index (χ0v) is 13.7. The summed E-state index contributed by atoms with van der Waals surface area (Å²) in [5.74, 6) is 2.08. The number of benzene rings is 2. The first-order chi connectivity index (χ1) is 10.1. The Morgan fingerprint density at radius 2 is 1.81 bits per heavy atom. The molecule has 4 nitrogen and oxygen atoms in total. The predicted molar refractivity (Wildman–Crippen MR) is 87.3 cm³/mol. The lowest BCUT2D eigenvalue weighted by Crippen LogP contribution is -1.89. The lowest BCUT2D eigenvalue weighted by molar-refractivity contribution is 0.356. The lowest BCUT2D eigenvalue weighted by atomic mass is 10.2. The zero-order valence-electron chi connectivity index (χ0n) is 11.4. The van der Waals surface area contributed by atoms with Crippen molar-refractivity contribution in [3.63, 3.8) is 0 Å². The molecule has 108 valence electrons. The summed E-state index contributed by atoms with van der Waals surface area (Å²) in [6.07, 6.45) is 0. The van der Waals surface area contributed by atoms with Crippen molar-refractivity contribution in [2.24, 2.45) is 0 Å². The Balaban J connectivity index is 2.14. The minimum atomic E-state index is 0.653. The number of nitrogens with zero attached hydrogens (tertiary/aromatic N) is 1. The van der Waals surface area contributed by atoms with Crippen LogP contribution in [0.15, 0.2) is 34.8 Å². The van der Waals surface area contributed by atoms with E-state index in [1.165, 1.54) is 0 Å². The van der Waals surface area contributed by atoms with Crippen molar-refractivity contribution in [2.75, 3.05) is 14.2 Å². The molecule has 21 heavy (non-hydrogen) atoms. The molecule has 0 atom stereocenters. The average molecular weight is 368 g/mol. The summed E-state index contributed by atoms with van der Waals surface area (Å²) in [4.78, 5) is 7.86. The fourth-order valence-electron chi connectivity index (χ4n) is 2.12. The van der Waals surface area contributed by atoms with Gasteiger partial charge in [0.15, 0.2) is 11.5 Å². The van der Waals surface area contributed by atoms with Gasteiger partial charge in [0.25, 0.3) is 0 Å². The summed E-state index contributed by atoms with van der Waals surface area (Å²) < 4.78 is 11.4. The molecule has 0 aliphatic rings. The van der Waals surface area contributed by atoms with Gasteiger partial charge in [0.1, 0.15) is 5.82 Å². The van der Waals surface area contributed by atoms with Crippen molar-refractivity contribution in [3.05, 3.63) is 39.8 Å². The van der Waals surface area contributed by atoms with E-state index < -0.39 is 0 Å². The number of fused-ring (bicyclic) bond motifs is 1. The van der Waals surface area contributed by atoms with Crippen molar-refractivity contribution in [2.45, 2.75) is 0 Å². The van der Waals surface area contributed by atoms with Gasteiger partial charge in [0, 0.05) is 22.2 Å². The largest absolute Gasteiger partial charge is 0.493 e. The van der Waals surface area contributed by atoms with Gasteiger partial charge in [0.2, 0.25) is 0 Å². The van der Waals surface area contributed by atoms with Crippen LogP contribution in [-0.4, -0.2) is 24.2 Å². The fraction of sp³-hybridized carbons (Fsp3) is 0.133. The summed E-state index contributed by atoms with van der Waals surface area (Å²) in [5.41, 5.74) is 2.64. The molecule has 6 heteroatoms. The van der Waals surface area contributed by atoms with E-state index in [1.54, 1.807) is 14.2 Å². The van der Waals surface area contributed by atoms with Crippen LogP contribution in [0.25, 0.3) is 22.4 Å². The van der Waals surface area contributed by atoms with Crippen LogP contribution in [0.5, 0.6) is 11.5 Å². The predicted octanol–water partition coefficient (Wildman–Crippen LogP) is 4.66. The van der Waals surface area contributed by atoms with Crippen molar-refractivity contribution in [1.29, 1.82) is 0 Å². The Labute approximate surface area is 135 Å². The van der Waals surface area contributed by atoms with Crippen molar-refractivity contribution in [1.82, 2.24) is 9.97 Å². The molecule has 0 unspecified atom stereocenters. The summed E-state index contributed by atoms with van der Waals surface area (Å²) >= 11 is 9.43. The second-order valence-electron chi connectivity index (χ2n) is 4.44. The van der Waals surface area contributed by atoms with Gasteiger partial charge in [-0.3, -0.25) is 0 Å². The van der Waals surface area contributed by atoms with Crippen LogP contribution >= 0.6 is 27.5 Å². The molecule has 0 spiro atoms. The standard InChI is InChI=1S/C15H12BrClN2O2/c1-20-13-6-11-12(7-14(13)21-2)19-15(18-11)8-3-4-10(17)9(16)5-8/h3-7H,1-2H3,(H,18,19). The van der Waals surface area contributed by atoms with Crippen LogP contribution in [0.4, 0.5) is 0 Å². The van der Waals surface area contributed by atoms with Gasteiger partial charge in [-0.2, -0.15) is 0 Å². The molecule has 1 N–H and O–H groups in total. The second kappa shape index (κ2) is 5.58. The third-order valence-corrected chi connectivity index (χ3v) is 4.39. The highest BCUT2D eigenvalue weighted by atomic mass is 79.9. The van der Waals surface area contributed by atoms with Gasteiger partial charge in [-0.1, -0.05) is 11.6 Å². The van der Waals surface area contributed by atoms with Gasteiger partial charge >= 0.3 is 0 Å². The van der Waals surface area contributed by atoms with Gasteiger partial charge in [-0.25, -0.2) is 4.98 Å². The van der Waals surface area contributed by atoms with E-state index in [1.807, 2.05) is 30.3 Å². The van der Waals surface area contributed by atoms with E-state index in [-0.39, 0.29) is 0 Å². The van der Waals surface area contributed by atoms with Crippen LogP contribution in [0.3, 0.4) is 0 Å². The first-order valence-electron chi connectivity index (χ1n) is 6.19. The minimum absolute atomic E-state index is 0.653. The molecule has 0 saturated heterocycles. The Bertz CT molecular complexity index is 776. The maximum absolute atomic E-state index is 6.02. The second-order valence-corrected chi connectivity index (χ2v) is 5.70. The SMILES string of the molecule is COc1cc2nc(-c3ccc(Cl)c(Br)c3)[nH]c2cc1OC. The van der Waals surface area contributed by atoms with Crippen LogP contribution < -0.4 is 9.47 Å². The van der Waals surface area contributed by atoms with Crippen LogP contribution in [0, 0.1) is 0 Å². The topological polar surface area (TPSA) is 47.1 Å². The third kappa shape index (κ3) is 2.59. The van der Waals surface area contributed by atoms with Gasteiger partial charge in [0.05, 0.1) is 30.3 Å². The summed E-state index contributed by atoms with van der Waals surface area (Å²) in [6.45, 7) is 0. The third-order valence-electron chi connectivity index (χ3n) is 3.18. The number of aromatic amines is 1. The highest BCUT2D eigenvalue weighted by Crippen LogP contribution is 2.33. The quantitative estimate of drug-likeness (QED) is 0.732.